The smallest absolute Gasteiger partial charge is 0.273 e. The van der Waals surface area contributed by atoms with Crippen molar-refractivity contribution in [2.24, 2.45) is 0 Å². The average Bonchev–Trinajstić information content (AvgIpc) is 2.98. The average molecular weight is 282 g/mol. The molecule has 1 heterocycles. The lowest BCUT2D eigenvalue weighted by Gasteiger charge is -2.21. The fraction of sp³-hybridized carbons (Fsp3) is 0.538. The van der Waals surface area contributed by atoms with Crippen molar-refractivity contribution >= 4 is 11.4 Å². The Kier molecular flexibility index (Phi) is 4.75. The standard InChI is InChI=1S/C13H18N2O5/c16-8-11(17)9-20-13-7-10(15(18)19)3-4-12(13)14-5-1-2-6-14/h3-4,7,11,16-17H,1-2,5-6,8-9H2/t11-/m1/s1. The quantitative estimate of drug-likeness (QED) is 0.595. The minimum atomic E-state index is -0.999. The molecule has 1 aliphatic rings. The number of aliphatic hydroxyl groups excluding tert-OH is 2. The first kappa shape index (κ1) is 14.5. The summed E-state index contributed by atoms with van der Waals surface area (Å²) in [4.78, 5) is 12.4. The Labute approximate surface area is 116 Å². The monoisotopic (exact) mass is 282 g/mol. The van der Waals surface area contributed by atoms with Crippen LogP contribution in [0.2, 0.25) is 0 Å². The zero-order chi connectivity index (χ0) is 14.5. The van der Waals surface area contributed by atoms with Crippen molar-refractivity contribution in [1.29, 1.82) is 0 Å². The van der Waals surface area contributed by atoms with Gasteiger partial charge in [-0.15, -0.1) is 0 Å². The Morgan fingerprint density at radius 3 is 2.70 bits per heavy atom. The second-order valence-corrected chi connectivity index (χ2v) is 4.75. The Morgan fingerprint density at radius 2 is 2.10 bits per heavy atom. The molecule has 0 amide bonds. The number of nitro benzene ring substituents is 1. The zero-order valence-corrected chi connectivity index (χ0v) is 11.1. The summed E-state index contributed by atoms with van der Waals surface area (Å²) < 4.78 is 5.44. The number of nitro groups is 1. The Hall–Kier alpha value is -1.86. The lowest BCUT2D eigenvalue weighted by atomic mass is 10.2. The predicted octanol–water partition coefficient (Wildman–Crippen LogP) is 0.927. The van der Waals surface area contributed by atoms with E-state index in [0.29, 0.717) is 5.75 Å². The van der Waals surface area contributed by atoms with Gasteiger partial charge >= 0.3 is 0 Å². The molecule has 1 aliphatic heterocycles. The molecule has 1 aromatic rings. The van der Waals surface area contributed by atoms with Crippen molar-refractivity contribution in [2.75, 3.05) is 31.2 Å². The van der Waals surface area contributed by atoms with E-state index in [1.54, 1.807) is 6.07 Å². The molecule has 0 spiro atoms. The zero-order valence-electron chi connectivity index (χ0n) is 11.1. The van der Waals surface area contributed by atoms with Gasteiger partial charge in [0, 0.05) is 19.2 Å². The van der Waals surface area contributed by atoms with Gasteiger partial charge in [-0.05, 0) is 18.9 Å². The van der Waals surface area contributed by atoms with Crippen LogP contribution in [0.4, 0.5) is 11.4 Å². The molecule has 2 rings (SSSR count). The van der Waals surface area contributed by atoms with Gasteiger partial charge in [0.2, 0.25) is 0 Å². The van der Waals surface area contributed by atoms with Crippen LogP contribution in [0, 0.1) is 10.1 Å². The second-order valence-electron chi connectivity index (χ2n) is 4.75. The van der Waals surface area contributed by atoms with Crippen LogP contribution in [0.25, 0.3) is 0 Å². The highest BCUT2D eigenvalue weighted by Gasteiger charge is 2.20. The van der Waals surface area contributed by atoms with Crippen molar-refractivity contribution in [2.45, 2.75) is 18.9 Å². The third kappa shape index (κ3) is 3.37. The SMILES string of the molecule is O=[N+]([O-])c1ccc(N2CCCC2)c(OC[C@H](O)CO)c1. The Balaban J connectivity index is 2.22. The first-order chi connectivity index (χ1) is 9.61. The molecular formula is C13H18N2O5. The molecule has 110 valence electrons. The molecule has 7 nitrogen and oxygen atoms in total. The molecule has 0 bridgehead atoms. The van der Waals surface area contributed by atoms with Crippen molar-refractivity contribution in [3.8, 4) is 5.75 Å². The summed E-state index contributed by atoms with van der Waals surface area (Å²) in [7, 11) is 0. The molecule has 1 atom stereocenters. The number of benzene rings is 1. The number of aliphatic hydroxyl groups is 2. The highest BCUT2D eigenvalue weighted by atomic mass is 16.6. The molecule has 1 saturated heterocycles. The molecular weight excluding hydrogens is 264 g/mol. The van der Waals surface area contributed by atoms with Gasteiger partial charge in [-0.2, -0.15) is 0 Å². The summed E-state index contributed by atoms with van der Waals surface area (Å²) in [6.07, 6.45) is 1.16. The molecule has 0 aliphatic carbocycles. The topological polar surface area (TPSA) is 96.1 Å². The Morgan fingerprint density at radius 1 is 1.40 bits per heavy atom. The highest BCUT2D eigenvalue weighted by molar-refractivity contribution is 5.62. The Bertz CT molecular complexity index is 474. The lowest BCUT2D eigenvalue weighted by Crippen LogP contribution is -2.23. The maximum atomic E-state index is 10.8. The van der Waals surface area contributed by atoms with E-state index in [4.69, 9.17) is 9.84 Å². The van der Waals surface area contributed by atoms with Crippen molar-refractivity contribution in [3.05, 3.63) is 28.3 Å². The van der Waals surface area contributed by atoms with Crippen LogP contribution in [0.3, 0.4) is 0 Å². The number of hydrogen-bond donors (Lipinski definition) is 2. The van der Waals surface area contributed by atoms with Crippen LogP contribution < -0.4 is 9.64 Å². The van der Waals surface area contributed by atoms with E-state index in [-0.39, 0.29) is 12.3 Å². The summed E-state index contributed by atoms with van der Waals surface area (Å²) in [5.41, 5.74) is 0.736. The van der Waals surface area contributed by atoms with Crippen LogP contribution in [-0.2, 0) is 0 Å². The first-order valence-corrected chi connectivity index (χ1v) is 6.57. The van der Waals surface area contributed by atoms with Gasteiger partial charge in [0.05, 0.1) is 23.3 Å². The van der Waals surface area contributed by atoms with E-state index in [1.807, 2.05) is 0 Å². The minimum absolute atomic E-state index is 0.0542. The first-order valence-electron chi connectivity index (χ1n) is 6.57. The van der Waals surface area contributed by atoms with Crippen LogP contribution in [0.15, 0.2) is 18.2 Å². The molecule has 0 radical (unpaired) electrons. The van der Waals surface area contributed by atoms with Gasteiger partial charge in [-0.1, -0.05) is 0 Å². The number of non-ortho nitro benzene ring substituents is 1. The molecule has 0 unspecified atom stereocenters. The van der Waals surface area contributed by atoms with E-state index in [2.05, 4.69) is 4.90 Å². The van der Waals surface area contributed by atoms with Gasteiger partial charge in [0.25, 0.3) is 5.69 Å². The number of anilines is 1. The number of rotatable bonds is 6. The predicted molar refractivity (Wildman–Crippen MR) is 73.1 cm³/mol. The molecule has 0 saturated carbocycles. The summed E-state index contributed by atoms with van der Waals surface area (Å²) >= 11 is 0. The van der Waals surface area contributed by atoms with Crippen molar-refractivity contribution in [1.82, 2.24) is 0 Å². The lowest BCUT2D eigenvalue weighted by molar-refractivity contribution is -0.384. The number of ether oxygens (including phenoxy) is 1. The molecule has 7 heteroatoms. The maximum absolute atomic E-state index is 10.8. The fourth-order valence-electron chi connectivity index (χ4n) is 2.19. The van der Waals surface area contributed by atoms with Crippen LogP contribution in [-0.4, -0.2) is 47.5 Å². The molecule has 0 aromatic heterocycles. The summed E-state index contributed by atoms with van der Waals surface area (Å²) in [6, 6.07) is 4.48. The van der Waals surface area contributed by atoms with E-state index in [0.717, 1.165) is 31.6 Å². The third-order valence-corrected chi connectivity index (χ3v) is 3.24. The third-order valence-electron chi connectivity index (χ3n) is 3.24. The van der Waals surface area contributed by atoms with Gasteiger partial charge in [-0.3, -0.25) is 10.1 Å². The van der Waals surface area contributed by atoms with E-state index < -0.39 is 17.6 Å². The summed E-state index contributed by atoms with van der Waals surface area (Å²) in [5, 5.41) is 28.9. The number of nitrogens with zero attached hydrogens (tertiary/aromatic N) is 2. The van der Waals surface area contributed by atoms with E-state index >= 15 is 0 Å². The molecule has 1 aromatic carbocycles. The summed E-state index contributed by atoms with van der Waals surface area (Å²) in [5.74, 6) is 0.369. The van der Waals surface area contributed by atoms with Gasteiger partial charge in [0.1, 0.15) is 18.5 Å². The van der Waals surface area contributed by atoms with Crippen molar-refractivity contribution < 1.29 is 19.9 Å². The fourth-order valence-corrected chi connectivity index (χ4v) is 2.19. The minimum Gasteiger partial charge on any atom is -0.488 e. The van der Waals surface area contributed by atoms with Crippen molar-refractivity contribution in [3.63, 3.8) is 0 Å². The van der Waals surface area contributed by atoms with Gasteiger partial charge in [0.15, 0.2) is 0 Å². The van der Waals surface area contributed by atoms with Gasteiger partial charge < -0.3 is 19.8 Å². The van der Waals surface area contributed by atoms with Gasteiger partial charge in [-0.25, -0.2) is 0 Å². The maximum Gasteiger partial charge on any atom is 0.273 e. The highest BCUT2D eigenvalue weighted by Crippen LogP contribution is 2.34. The second kappa shape index (κ2) is 6.53. The van der Waals surface area contributed by atoms with Crippen LogP contribution in [0.1, 0.15) is 12.8 Å². The molecule has 1 fully saturated rings. The molecule has 20 heavy (non-hydrogen) atoms. The summed E-state index contributed by atoms with van der Waals surface area (Å²) in [6.45, 7) is 1.26. The number of hydrogen-bond acceptors (Lipinski definition) is 6. The van der Waals surface area contributed by atoms with Crippen LogP contribution in [0.5, 0.6) is 5.75 Å². The normalized spacial score (nSPS) is 16.2. The van der Waals surface area contributed by atoms with E-state index in [1.165, 1.54) is 12.1 Å². The van der Waals surface area contributed by atoms with Crippen LogP contribution >= 0.6 is 0 Å². The van der Waals surface area contributed by atoms with E-state index in [9.17, 15) is 15.2 Å². The largest absolute Gasteiger partial charge is 0.488 e. The molecule has 2 N–H and O–H groups in total.